The molecule has 1 amide bonds. The molecule has 0 atom stereocenters. The van der Waals surface area contributed by atoms with Gasteiger partial charge in [-0.2, -0.15) is 0 Å². The van der Waals surface area contributed by atoms with Crippen LogP contribution in [0.15, 0.2) is 29.4 Å². The first kappa shape index (κ1) is 27.6. The highest BCUT2D eigenvalue weighted by atomic mass is 19.1. The Morgan fingerprint density at radius 1 is 0.895 bits per heavy atom. The predicted octanol–water partition coefficient (Wildman–Crippen LogP) is 1.64. The zero-order valence-electron chi connectivity index (χ0n) is 18.8. The summed E-state index contributed by atoms with van der Waals surface area (Å²) in [6.45, 7) is 1.16. The topological polar surface area (TPSA) is 205 Å². The summed E-state index contributed by atoms with van der Waals surface area (Å²) in [5.74, 6) is -1.21. The van der Waals surface area contributed by atoms with Crippen molar-refractivity contribution in [3.63, 3.8) is 0 Å². The van der Waals surface area contributed by atoms with Crippen molar-refractivity contribution in [2.75, 3.05) is 18.9 Å². The number of amides is 1. The lowest BCUT2D eigenvalue weighted by Crippen LogP contribution is -2.28. The number of likely N-dealkylation sites (N-methyl/N-ethyl adjacent to an activating group) is 1. The number of carbonyl (C=O) groups excluding carboxylic acids is 1. The molecule has 0 aromatic heterocycles. The standard InChI is InChI=1S/C18H16FN3O16/c1-22-5-4-10-11(7-13-16(14(10)8-22)20-18(23)17(13)21-24)12-6-9(19)2-3-15(12)26-28-30-32-34-36-38-37-35-33-31-29-27-25/h2-3,6-7,24-25H,4-5,8H2,1H3,(H,20,21,23). The van der Waals surface area contributed by atoms with Gasteiger partial charge in [-0.05, 0) is 84.7 Å². The van der Waals surface area contributed by atoms with E-state index in [1.54, 1.807) is 6.07 Å². The van der Waals surface area contributed by atoms with Gasteiger partial charge < -0.3 is 20.3 Å². The average Bonchev–Trinajstić information content (AvgIpc) is 3.24. The molecule has 2 aromatic rings. The van der Waals surface area contributed by atoms with Gasteiger partial charge in [-0.1, -0.05) is 5.16 Å². The van der Waals surface area contributed by atoms with Gasteiger partial charge in [-0.15, -0.1) is 0 Å². The third kappa shape index (κ3) is 6.51. The Bertz CT molecular complexity index is 1170. The second kappa shape index (κ2) is 13.4. The van der Waals surface area contributed by atoms with Crippen molar-refractivity contribution in [2.45, 2.75) is 13.0 Å². The van der Waals surface area contributed by atoms with Crippen LogP contribution in [0.25, 0.3) is 11.1 Å². The summed E-state index contributed by atoms with van der Waals surface area (Å²) in [4.78, 5) is 19.4. The molecule has 19 nitrogen and oxygen atoms in total. The molecular formula is C18H16FN3O16. The van der Waals surface area contributed by atoms with Crippen LogP contribution in [-0.2, 0) is 78.2 Å². The summed E-state index contributed by atoms with van der Waals surface area (Å²) < 4.78 is 14.3. The normalized spacial score (nSPS) is 16.0. The van der Waals surface area contributed by atoms with Crippen molar-refractivity contribution in [1.82, 2.24) is 4.90 Å². The minimum Gasteiger partial charge on any atom is -0.410 e. The number of oxime groups is 1. The van der Waals surface area contributed by atoms with Crippen LogP contribution in [0, 0.1) is 5.82 Å². The zero-order valence-corrected chi connectivity index (χ0v) is 18.8. The average molecular weight is 549 g/mol. The van der Waals surface area contributed by atoms with Gasteiger partial charge in [0, 0.05) is 54.4 Å². The van der Waals surface area contributed by atoms with Crippen molar-refractivity contribution < 1.29 is 85.0 Å². The van der Waals surface area contributed by atoms with E-state index in [1.165, 1.54) is 12.1 Å². The molecule has 206 valence electrons. The Hall–Kier alpha value is -3.45. The molecule has 2 aromatic carbocycles. The maximum absolute atomic E-state index is 14.3. The van der Waals surface area contributed by atoms with Gasteiger partial charge in [0.2, 0.25) is 0 Å². The van der Waals surface area contributed by atoms with E-state index in [2.05, 4.69) is 70.9 Å². The number of benzene rings is 2. The highest BCUT2D eigenvalue weighted by Gasteiger charge is 2.34. The summed E-state index contributed by atoms with van der Waals surface area (Å²) >= 11 is 0. The van der Waals surface area contributed by atoms with Gasteiger partial charge in [0.05, 0.1) is 5.69 Å². The van der Waals surface area contributed by atoms with E-state index in [4.69, 9.17) is 10.1 Å². The molecule has 0 radical (unpaired) electrons. The predicted molar refractivity (Wildman–Crippen MR) is 105 cm³/mol. The molecule has 4 rings (SSSR count). The number of nitrogens with zero attached hydrogens (tertiary/aromatic N) is 2. The monoisotopic (exact) mass is 549 g/mol. The van der Waals surface area contributed by atoms with Crippen molar-refractivity contribution >= 4 is 17.3 Å². The first-order valence-electron chi connectivity index (χ1n) is 10.1. The van der Waals surface area contributed by atoms with Gasteiger partial charge in [-0.3, -0.25) is 4.79 Å². The SMILES string of the molecule is CN1CCc2c(-c3cc(F)ccc3OOOOOOOOOOOOOO)cc3c(c2C1)NC(=O)/C3=N/O. The summed E-state index contributed by atoms with van der Waals surface area (Å²) in [7, 11) is 1.91. The molecule has 2 aliphatic rings. The Morgan fingerprint density at radius 3 is 2.21 bits per heavy atom. The van der Waals surface area contributed by atoms with E-state index in [9.17, 15) is 14.4 Å². The Labute approximate surface area is 208 Å². The Balaban J connectivity index is 1.42. The molecular weight excluding hydrogens is 533 g/mol. The summed E-state index contributed by atoms with van der Waals surface area (Å²) in [6, 6.07) is 5.09. The second-order valence-corrected chi connectivity index (χ2v) is 7.24. The third-order valence-electron chi connectivity index (χ3n) is 5.19. The van der Waals surface area contributed by atoms with Crippen LogP contribution in [0.1, 0.15) is 16.7 Å². The second-order valence-electron chi connectivity index (χ2n) is 7.24. The van der Waals surface area contributed by atoms with Gasteiger partial charge in [0.25, 0.3) is 5.91 Å². The van der Waals surface area contributed by atoms with Gasteiger partial charge in [-0.25, -0.2) is 9.65 Å². The number of anilines is 1. The first-order chi connectivity index (χ1) is 18.5. The molecule has 0 fully saturated rings. The van der Waals surface area contributed by atoms with Crippen LogP contribution in [0.2, 0.25) is 0 Å². The van der Waals surface area contributed by atoms with E-state index in [0.717, 1.165) is 17.2 Å². The lowest BCUT2D eigenvalue weighted by Gasteiger charge is -2.29. The van der Waals surface area contributed by atoms with E-state index >= 15 is 0 Å². The fraction of sp³-hybridized carbons (Fsp3) is 0.222. The van der Waals surface area contributed by atoms with E-state index in [1.807, 2.05) is 11.9 Å². The highest BCUT2D eigenvalue weighted by Crippen LogP contribution is 2.42. The minimum atomic E-state index is -0.599. The molecule has 0 spiro atoms. The number of carbonyl (C=O) groups is 1. The number of hydrogen-bond acceptors (Lipinski definition) is 18. The largest absolute Gasteiger partial charge is 0.410 e. The van der Waals surface area contributed by atoms with Crippen molar-refractivity contribution in [2.24, 2.45) is 5.16 Å². The maximum Gasteiger partial charge on any atom is 0.278 e. The van der Waals surface area contributed by atoms with Crippen LogP contribution >= 0.6 is 0 Å². The number of hydrogen-bond donors (Lipinski definition) is 3. The molecule has 0 bridgehead atoms. The number of rotatable bonds is 14. The molecule has 38 heavy (non-hydrogen) atoms. The van der Waals surface area contributed by atoms with Crippen LogP contribution in [0.4, 0.5) is 10.1 Å². The number of halogens is 1. The fourth-order valence-corrected chi connectivity index (χ4v) is 3.81. The van der Waals surface area contributed by atoms with Crippen molar-refractivity contribution in [3.05, 3.63) is 46.8 Å². The van der Waals surface area contributed by atoms with Crippen LogP contribution < -0.4 is 10.2 Å². The summed E-state index contributed by atoms with van der Waals surface area (Å²) in [5.41, 5.74) is 2.96. The van der Waals surface area contributed by atoms with Gasteiger partial charge >= 0.3 is 0 Å². The van der Waals surface area contributed by atoms with Crippen LogP contribution in [0.5, 0.6) is 5.75 Å². The molecule has 2 heterocycles. The van der Waals surface area contributed by atoms with Gasteiger partial charge in [0.1, 0.15) is 5.82 Å². The Kier molecular flexibility index (Phi) is 9.71. The van der Waals surface area contributed by atoms with Crippen molar-refractivity contribution in [1.29, 1.82) is 0 Å². The molecule has 0 saturated heterocycles. The third-order valence-corrected chi connectivity index (χ3v) is 5.19. The van der Waals surface area contributed by atoms with Crippen molar-refractivity contribution in [3.8, 4) is 16.9 Å². The van der Waals surface area contributed by atoms with Crippen LogP contribution in [-0.4, -0.2) is 40.6 Å². The van der Waals surface area contributed by atoms with E-state index in [0.29, 0.717) is 36.3 Å². The lowest BCUT2D eigenvalue weighted by molar-refractivity contribution is -0.873. The molecule has 0 saturated carbocycles. The summed E-state index contributed by atoms with van der Waals surface area (Å²) in [5, 5.41) is 67.0. The van der Waals surface area contributed by atoms with Crippen LogP contribution in [0.3, 0.4) is 0 Å². The first-order valence-corrected chi connectivity index (χ1v) is 10.1. The minimum absolute atomic E-state index is 0.0315. The number of nitrogens with one attached hydrogen (secondary N) is 1. The smallest absolute Gasteiger partial charge is 0.278 e. The lowest BCUT2D eigenvalue weighted by atomic mass is 9.87. The molecule has 2 aliphatic heterocycles. The van der Waals surface area contributed by atoms with E-state index in [-0.39, 0.29) is 17.0 Å². The maximum atomic E-state index is 14.3. The highest BCUT2D eigenvalue weighted by molar-refractivity contribution is 6.54. The molecule has 3 N–H and O–H groups in total. The fourth-order valence-electron chi connectivity index (χ4n) is 3.81. The Morgan fingerprint density at radius 2 is 1.55 bits per heavy atom. The van der Waals surface area contributed by atoms with Gasteiger partial charge in [0.15, 0.2) is 11.5 Å². The quantitative estimate of drug-likeness (QED) is 0.132. The zero-order chi connectivity index (χ0) is 26.9. The molecule has 0 aliphatic carbocycles. The molecule has 0 unspecified atom stereocenters. The van der Waals surface area contributed by atoms with E-state index < -0.39 is 11.7 Å². The number of fused-ring (bicyclic) bond motifs is 3. The summed E-state index contributed by atoms with van der Waals surface area (Å²) in [6.07, 6.45) is 0.558. The molecule has 20 heteroatoms.